The third-order valence-electron chi connectivity index (χ3n) is 2.13. The van der Waals surface area contributed by atoms with E-state index in [4.69, 9.17) is 0 Å². The fourth-order valence-corrected chi connectivity index (χ4v) is 1.53. The summed E-state index contributed by atoms with van der Waals surface area (Å²) < 4.78 is 0. The number of nitrogens with zero attached hydrogens (tertiary/aromatic N) is 1. The van der Waals surface area contributed by atoms with Crippen molar-refractivity contribution in [1.29, 1.82) is 0 Å². The van der Waals surface area contributed by atoms with Crippen molar-refractivity contribution in [3.05, 3.63) is 40.3 Å². The number of rotatable bonds is 1. The molecule has 1 aliphatic rings. The smallest absolute Gasteiger partial charge is 0.165 e. The molecule has 0 fully saturated rings. The van der Waals surface area contributed by atoms with Gasteiger partial charge in [0.15, 0.2) is 5.78 Å². The van der Waals surface area contributed by atoms with E-state index in [1.165, 1.54) is 0 Å². The highest BCUT2D eigenvalue weighted by Crippen LogP contribution is 2.33. The Labute approximate surface area is 69.4 Å². The zero-order chi connectivity index (χ0) is 8.55. The van der Waals surface area contributed by atoms with Gasteiger partial charge in [0, 0.05) is 12.0 Å². The van der Waals surface area contributed by atoms with Crippen LogP contribution in [0.1, 0.15) is 28.4 Å². The molecule has 3 nitrogen and oxygen atoms in total. The van der Waals surface area contributed by atoms with Gasteiger partial charge in [-0.15, -0.1) is 0 Å². The first-order valence-corrected chi connectivity index (χ1v) is 3.77. The molecule has 0 amide bonds. The van der Waals surface area contributed by atoms with Crippen LogP contribution in [0.15, 0.2) is 29.4 Å². The summed E-state index contributed by atoms with van der Waals surface area (Å²) in [7, 11) is 0. The topological polar surface area (TPSA) is 46.5 Å². The van der Waals surface area contributed by atoms with E-state index in [0.717, 1.165) is 5.56 Å². The maximum Gasteiger partial charge on any atom is 0.165 e. The normalized spacial score (nSPS) is 20.7. The lowest BCUT2D eigenvalue weighted by molar-refractivity contribution is 0.0989. The van der Waals surface area contributed by atoms with Gasteiger partial charge in [0.05, 0.1) is 0 Å². The van der Waals surface area contributed by atoms with Gasteiger partial charge in [-0.1, -0.05) is 29.4 Å². The average Bonchev–Trinajstić information content (AvgIpc) is 2.44. The highest BCUT2D eigenvalue weighted by atomic mass is 16.3. The van der Waals surface area contributed by atoms with E-state index in [0.29, 0.717) is 5.56 Å². The van der Waals surface area contributed by atoms with Crippen LogP contribution in [0.3, 0.4) is 0 Å². The van der Waals surface area contributed by atoms with Gasteiger partial charge >= 0.3 is 0 Å². The van der Waals surface area contributed by atoms with Crippen LogP contribution >= 0.6 is 0 Å². The first kappa shape index (κ1) is 7.16. The standard InChI is InChI=1S/C9H7NO2/c11-9-5-8(10-12)6-3-1-2-4-7(6)9/h1-4,8H,5H2. The number of benzene rings is 1. The van der Waals surface area contributed by atoms with Crippen molar-refractivity contribution in [2.24, 2.45) is 5.18 Å². The molecule has 3 heteroatoms. The van der Waals surface area contributed by atoms with Crippen molar-refractivity contribution in [2.45, 2.75) is 12.5 Å². The SMILES string of the molecule is O=NC1CC(=O)c2ccccc21. The van der Waals surface area contributed by atoms with Crippen LogP contribution in [0.5, 0.6) is 0 Å². The summed E-state index contributed by atoms with van der Waals surface area (Å²) in [4.78, 5) is 21.5. The Balaban J connectivity index is 2.57. The number of carbonyl (C=O) groups is 1. The molecule has 1 atom stereocenters. The van der Waals surface area contributed by atoms with E-state index in [-0.39, 0.29) is 12.2 Å². The van der Waals surface area contributed by atoms with Crippen molar-refractivity contribution >= 4 is 5.78 Å². The maximum atomic E-state index is 11.2. The van der Waals surface area contributed by atoms with Gasteiger partial charge in [0.1, 0.15) is 6.04 Å². The summed E-state index contributed by atoms with van der Waals surface area (Å²) in [6, 6.07) is 6.68. The Bertz CT molecular complexity index is 346. The van der Waals surface area contributed by atoms with Gasteiger partial charge < -0.3 is 0 Å². The van der Waals surface area contributed by atoms with Crippen LogP contribution in [-0.2, 0) is 0 Å². The van der Waals surface area contributed by atoms with E-state index in [1.807, 2.05) is 6.07 Å². The van der Waals surface area contributed by atoms with Gasteiger partial charge in [0.25, 0.3) is 0 Å². The van der Waals surface area contributed by atoms with Crippen molar-refractivity contribution < 1.29 is 4.79 Å². The maximum absolute atomic E-state index is 11.2. The van der Waals surface area contributed by atoms with E-state index < -0.39 is 6.04 Å². The molecule has 0 saturated carbocycles. The second kappa shape index (κ2) is 2.52. The highest BCUT2D eigenvalue weighted by Gasteiger charge is 2.29. The molecule has 0 radical (unpaired) electrons. The molecule has 1 aliphatic carbocycles. The molecule has 0 spiro atoms. The minimum absolute atomic E-state index is 0.0233. The molecule has 0 N–H and O–H groups in total. The molecule has 0 aliphatic heterocycles. The van der Waals surface area contributed by atoms with E-state index >= 15 is 0 Å². The predicted octanol–water partition coefficient (Wildman–Crippen LogP) is 2.08. The van der Waals surface area contributed by atoms with Crippen LogP contribution in [0.4, 0.5) is 0 Å². The molecule has 1 aromatic rings. The molecule has 2 rings (SSSR count). The molecule has 0 aromatic heterocycles. The van der Waals surface area contributed by atoms with E-state index in [2.05, 4.69) is 5.18 Å². The van der Waals surface area contributed by atoms with Gasteiger partial charge in [0.2, 0.25) is 0 Å². The molecular formula is C9H7NO2. The summed E-state index contributed by atoms with van der Waals surface area (Å²) in [5.41, 5.74) is 1.43. The quantitative estimate of drug-likeness (QED) is 0.592. The summed E-state index contributed by atoms with van der Waals surface area (Å²) >= 11 is 0. The van der Waals surface area contributed by atoms with E-state index in [9.17, 15) is 9.70 Å². The Morgan fingerprint density at radius 1 is 1.33 bits per heavy atom. The van der Waals surface area contributed by atoms with Crippen molar-refractivity contribution in [1.82, 2.24) is 0 Å². The first-order chi connectivity index (χ1) is 5.83. The number of ketones is 1. The van der Waals surface area contributed by atoms with Gasteiger partial charge in [-0.3, -0.25) is 4.79 Å². The number of hydrogen-bond acceptors (Lipinski definition) is 3. The summed E-state index contributed by atoms with van der Waals surface area (Å²) in [5, 5.41) is 2.91. The largest absolute Gasteiger partial charge is 0.294 e. The Hall–Kier alpha value is -1.51. The highest BCUT2D eigenvalue weighted by molar-refractivity contribution is 6.01. The third kappa shape index (κ3) is 0.863. The molecular weight excluding hydrogens is 154 g/mol. The fourth-order valence-electron chi connectivity index (χ4n) is 1.53. The molecule has 1 aromatic carbocycles. The van der Waals surface area contributed by atoms with Crippen molar-refractivity contribution in [3.8, 4) is 0 Å². The first-order valence-electron chi connectivity index (χ1n) is 3.77. The zero-order valence-electron chi connectivity index (χ0n) is 6.36. The second-order valence-electron chi connectivity index (χ2n) is 2.84. The number of fused-ring (bicyclic) bond motifs is 1. The summed E-state index contributed by atoms with van der Waals surface area (Å²) in [6.07, 6.45) is 0.239. The van der Waals surface area contributed by atoms with Crippen LogP contribution in [-0.4, -0.2) is 5.78 Å². The molecule has 60 valence electrons. The zero-order valence-corrected chi connectivity index (χ0v) is 6.36. The van der Waals surface area contributed by atoms with Gasteiger partial charge in [-0.05, 0) is 5.56 Å². The van der Waals surface area contributed by atoms with E-state index in [1.54, 1.807) is 18.2 Å². The minimum atomic E-state index is -0.450. The third-order valence-corrected chi connectivity index (χ3v) is 2.13. The Morgan fingerprint density at radius 2 is 2.08 bits per heavy atom. The van der Waals surface area contributed by atoms with Gasteiger partial charge in [-0.25, -0.2) is 0 Å². The number of nitroso groups, excluding NO2 is 1. The predicted molar refractivity (Wildman–Crippen MR) is 43.9 cm³/mol. The minimum Gasteiger partial charge on any atom is -0.294 e. The second-order valence-corrected chi connectivity index (χ2v) is 2.84. The number of carbonyl (C=O) groups excluding carboxylic acids is 1. The van der Waals surface area contributed by atoms with Crippen LogP contribution in [0.25, 0.3) is 0 Å². The lowest BCUT2D eigenvalue weighted by Gasteiger charge is -1.97. The lowest BCUT2D eigenvalue weighted by atomic mass is 10.1. The molecule has 0 saturated heterocycles. The lowest BCUT2D eigenvalue weighted by Crippen LogP contribution is -1.89. The Morgan fingerprint density at radius 3 is 2.83 bits per heavy atom. The molecule has 0 heterocycles. The summed E-state index contributed by atoms with van der Waals surface area (Å²) in [6.45, 7) is 0. The van der Waals surface area contributed by atoms with Crippen molar-refractivity contribution in [2.75, 3.05) is 0 Å². The van der Waals surface area contributed by atoms with Crippen LogP contribution in [0, 0.1) is 4.91 Å². The Kier molecular flexibility index (Phi) is 1.50. The van der Waals surface area contributed by atoms with Crippen LogP contribution in [0.2, 0.25) is 0 Å². The fraction of sp³-hybridized carbons (Fsp3) is 0.222. The number of Topliss-reactive ketones (excluding diaryl/α,β-unsaturated/α-hetero) is 1. The number of hydrogen-bond donors (Lipinski definition) is 0. The van der Waals surface area contributed by atoms with Crippen LogP contribution < -0.4 is 0 Å². The monoisotopic (exact) mass is 161 g/mol. The molecule has 0 bridgehead atoms. The average molecular weight is 161 g/mol. The van der Waals surface area contributed by atoms with Crippen molar-refractivity contribution in [3.63, 3.8) is 0 Å². The summed E-state index contributed by atoms with van der Waals surface area (Å²) in [5.74, 6) is 0.0233. The van der Waals surface area contributed by atoms with Gasteiger partial charge in [-0.2, -0.15) is 4.91 Å². The molecule has 12 heavy (non-hydrogen) atoms. The molecule has 1 unspecified atom stereocenters.